The van der Waals surface area contributed by atoms with Crippen LogP contribution in [0.25, 0.3) is 6.08 Å². The lowest BCUT2D eigenvalue weighted by Gasteiger charge is -2.17. The van der Waals surface area contributed by atoms with E-state index in [0.29, 0.717) is 19.5 Å². The molecular weight excluding hydrogens is 492 g/mol. The van der Waals surface area contributed by atoms with Gasteiger partial charge in [0.1, 0.15) is 11.6 Å². The van der Waals surface area contributed by atoms with Crippen molar-refractivity contribution in [1.82, 2.24) is 9.80 Å². The Morgan fingerprint density at radius 2 is 1.63 bits per heavy atom. The fourth-order valence-corrected chi connectivity index (χ4v) is 3.86. The molecule has 210 valence electrons. The van der Waals surface area contributed by atoms with E-state index in [4.69, 9.17) is 9.47 Å². The summed E-state index contributed by atoms with van der Waals surface area (Å²) in [5.74, 6) is -1.90. The third kappa shape index (κ3) is 10.8. The topological polar surface area (TPSA) is 146 Å². The van der Waals surface area contributed by atoms with Crippen LogP contribution in [0.4, 0.5) is 10.5 Å². The van der Waals surface area contributed by atoms with Crippen LogP contribution in [0.5, 0.6) is 11.5 Å². The number of rotatable bonds is 17. The molecule has 0 saturated carbocycles. The van der Waals surface area contributed by atoms with Crippen molar-refractivity contribution in [2.75, 3.05) is 39.3 Å². The van der Waals surface area contributed by atoms with Gasteiger partial charge in [0.15, 0.2) is 5.75 Å². The smallest absolute Gasteiger partial charge is 0.499 e. The normalized spacial score (nSPS) is 11.2. The van der Waals surface area contributed by atoms with Gasteiger partial charge >= 0.3 is 11.8 Å². The van der Waals surface area contributed by atoms with Crippen molar-refractivity contribution in [3.05, 3.63) is 33.4 Å². The average Bonchev–Trinajstić information content (AvgIpc) is 2.90. The summed E-state index contributed by atoms with van der Waals surface area (Å²) in [4.78, 5) is 39.1. The van der Waals surface area contributed by atoms with Crippen molar-refractivity contribution in [3.63, 3.8) is 0 Å². The largest absolute Gasteiger partial charge is 0.513 e. The zero-order chi connectivity index (χ0) is 28.5. The molecule has 38 heavy (non-hydrogen) atoms. The van der Waals surface area contributed by atoms with E-state index >= 15 is 0 Å². The lowest BCUT2D eigenvalue weighted by atomic mass is 10.1. The Hall–Kier alpha value is -3.65. The van der Waals surface area contributed by atoms with Crippen molar-refractivity contribution in [2.45, 2.75) is 66.2 Å². The molecule has 1 aromatic rings. The van der Waals surface area contributed by atoms with Gasteiger partial charge in [0.2, 0.25) is 5.75 Å². The Kier molecular flexibility index (Phi) is 15.1. The molecule has 0 unspecified atom stereocenters. The second-order valence-corrected chi connectivity index (χ2v) is 8.64. The third-order valence-corrected chi connectivity index (χ3v) is 6.16. The van der Waals surface area contributed by atoms with Gasteiger partial charge in [-0.1, -0.05) is 39.5 Å². The maximum absolute atomic E-state index is 12.5. The van der Waals surface area contributed by atoms with Gasteiger partial charge in [0, 0.05) is 19.2 Å². The average molecular weight is 533 g/mol. The second-order valence-electron chi connectivity index (χ2n) is 8.64. The van der Waals surface area contributed by atoms with E-state index in [1.54, 1.807) is 19.9 Å². The number of nitriles is 1. The molecule has 1 rings (SSSR count). The number of aromatic hydroxyl groups is 1. The molecule has 0 radical (unpaired) electrons. The summed E-state index contributed by atoms with van der Waals surface area (Å²) < 4.78 is 10.1. The van der Waals surface area contributed by atoms with Gasteiger partial charge in [-0.05, 0) is 64.0 Å². The SMILES string of the molecule is CCN(CC)CCCCCCCCOC(=O)Oc1cc(C=C(C#N)C(=O)N(CC)CC)cc([N+](=O)[O-])c1O. The summed E-state index contributed by atoms with van der Waals surface area (Å²) >= 11 is 0. The molecule has 0 fully saturated rings. The van der Waals surface area contributed by atoms with Crippen molar-refractivity contribution in [1.29, 1.82) is 5.26 Å². The van der Waals surface area contributed by atoms with E-state index in [0.717, 1.165) is 69.9 Å². The van der Waals surface area contributed by atoms with Gasteiger partial charge in [0.25, 0.3) is 5.91 Å². The monoisotopic (exact) mass is 532 g/mol. The molecule has 0 bridgehead atoms. The van der Waals surface area contributed by atoms with Gasteiger partial charge in [0.05, 0.1) is 11.5 Å². The first-order chi connectivity index (χ1) is 18.2. The van der Waals surface area contributed by atoms with Crippen molar-refractivity contribution in [3.8, 4) is 17.6 Å². The molecule has 0 aliphatic carbocycles. The van der Waals surface area contributed by atoms with Crippen LogP contribution in [0.1, 0.15) is 71.8 Å². The first-order valence-electron chi connectivity index (χ1n) is 13.2. The summed E-state index contributed by atoms with van der Waals surface area (Å²) in [5, 5.41) is 31.1. The minimum Gasteiger partial charge on any atom is -0.499 e. The lowest BCUT2D eigenvalue weighted by molar-refractivity contribution is -0.385. The van der Waals surface area contributed by atoms with E-state index in [2.05, 4.69) is 18.7 Å². The van der Waals surface area contributed by atoms with Crippen LogP contribution in [0, 0.1) is 21.4 Å². The van der Waals surface area contributed by atoms with Crippen LogP contribution < -0.4 is 4.74 Å². The maximum Gasteiger partial charge on any atom is 0.513 e. The Morgan fingerprint density at radius 1 is 1.03 bits per heavy atom. The highest BCUT2D eigenvalue weighted by molar-refractivity contribution is 6.01. The molecule has 11 nitrogen and oxygen atoms in total. The molecule has 0 spiro atoms. The number of carbonyl (C=O) groups is 2. The summed E-state index contributed by atoms with van der Waals surface area (Å²) in [6.45, 7) is 11.9. The van der Waals surface area contributed by atoms with Crippen LogP contribution in [0.3, 0.4) is 0 Å². The van der Waals surface area contributed by atoms with Gasteiger partial charge in [-0.3, -0.25) is 14.9 Å². The maximum atomic E-state index is 12.5. The molecule has 0 saturated heterocycles. The minimum atomic E-state index is -1.12. The van der Waals surface area contributed by atoms with E-state index in [1.165, 1.54) is 4.90 Å². The first-order valence-corrected chi connectivity index (χ1v) is 13.2. The fraction of sp³-hybridized carbons (Fsp3) is 0.593. The highest BCUT2D eigenvalue weighted by Crippen LogP contribution is 2.38. The van der Waals surface area contributed by atoms with Crippen molar-refractivity contribution >= 4 is 23.8 Å². The number of phenols is 1. The molecule has 0 aliphatic rings. The van der Waals surface area contributed by atoms with E-state index < -0.39 is 34.2 Å². The Labute approximate surface area is 224 Å². The zero-order valence-corrected chi connectivity index (χ0v) is 22.9. The molecular formula is C27H40N4O7. The minimum absolute atomic E-state index is 0.0374. The van der Waals surface area contributed by atoms with E-state index in [9.17, 15) is 30.1 Å². The summed E-state index contributed by atoms with van der Waals surface area (Å²) in [5.41, 5.74) is -0.958. The highest BCUT2D eigenvalue weighted by atomic mass is 16.7. The molecule has 11 heteroatoms. The number of amides is 1. The molecule has 1 N–H and O–H groups in total. The first kappa shape index (κ1) is 32.4. The number of carbonyl (C=O) groups excluding carboxylic acids is 2. The number of nitrogens with zero attached hydrogens (tertiary/aromatic N) is 4. The number of hydrogen-bond donors (Lipinski definition) is 1. The highest BCUT2D eigenvalue weighted by Gasteiger charge is 2.23. The van der Waals surface area contributed by atoms with E-state index in [1.807, 2.05) is 0 Å². The number of benzene rings is 1. The predicted octanol–water partition coefficient (Wildman–Crippen LogP) is 5.27. The number of unbranched alkanes of at least 4 members (excludes halogenated alkanes) is 5. The molecule has 1 aromatic carbocycles. The number of hydrogen-bond acceptors (Lipinski definition) is 9. The number of nitro benzene ring substituents is 1. The fourth-order valence-electron chi connectivity index (χ4n) is 3.86. The van der Waals surface area contributed by atoms with Gasteiger partial charge < -0.3 is 24.4 Å². The zero-order valence-electron chi connectivity index (χ0n) is 22.9. The van der Waals surface area contributed by atoms with Crippen LogP contribution >= 0.6 is 0 Å². The summed E-state index contributed by atoms with van der Waals surface area (Å²) in [7, 11) is 0. The Bertz CT molecular complexity index is 996. The molecule has 0 aliphatic heterocycles. The number of nitro groups is 1. The van der Waals surface area contributed by atoms with Gasteiger partial charge in [-0.2, -0.15) is 5.26 Å². The second kappa shape index (κ2) is 17.7. The lowest BCUT2D eigenvalue weighted by Crippen LogP contribution is -2.31. The summed E-state index contributed by atoms with van der Waals surface area (Å²) in [6.07, 6.45) is 5.98. The Balaban J connectivity index is 2.72. The van der Waals surface area contributed by atoms with Crippen molar-refractivity contribution < 1.29 is 29.1 Å². The Morgan fingerprint density at radius 3 is 2.18 bits per heavy atom. The number of likely N-dealkylation sites (N-methyl/N-ethyl adjacent to an activating group) is 1. The number of phenolic OH excluding ortho intramolecular Hbond substituents is 1. The van der Waals surface area contributed by atoms with Crippen LogP contribution in [-0.4, -0.2) is 71.2 Å². The van der Waals surface area contributed by atoms with Crippen molar-refractivity contribution in [2.24, 2.45) is 0 Å². The third-order valence-electron chi connectivity index (χ3n) is 6.16. The molecule has 0 atom stereocenters. The van der Waals surface area contributed by atoms with Gasteiger partial charge in [-0.15, -0.1) is 0 Å². The quantitative estimate of drug-likeness (QED) is 0.0539. The molecule has 0 heterocycles. The standard InChI is InChI=1S/C27H40N4O7/c1-5-29(6-2)15-13-11-9-10-12-14-16-37-27(34)38-24-19-21(18-23(25(24)32)31(35)36)17-22(20-28)26(33)30(7-3)8-4/h17-19,32H,5-16H2,1-4H3. The van der Waals surface area contributed by atoms with Gasteiger partial charge in [-0.25, -0.2) is 4.79 Å². The number of ether oxygens (including phenoxy) is 2. The van der Waals surface area contributed by atoms with Crippen LogP contribution in [0.2, 0.25) is 0 Å². The predicted molar refractivity (Wildman–Crippen MR) is 144 cm³/mol. The molecule has 0 aromatic heterocycles. The van der Waals surface area contributed by atoms with E-state index in [-0.39, 0.29) is 17.7 Å². The summed E-state index contributed by atoms with van der Waals surface area (Å²) in [6, 6.07) is 3.91. The van der Waals surface area contributed by atoms with Crippen LogP contribution in [0.15, 0.2) is 17.7 Å². The molecule has 1 amide bonds. The van der Waals surface area contributed by atoms with Crippen LogP contribution in [-0.2, 0) is 9.53 Å².